The first-order valence-electron chi connectivity index (χ1n) is 8.26. The molecule has 25 heavy (non-hydrogen) atoms. The molecule has 1 atom stereocenters. The maximum Gasteiger partial charge on any atom is 0.240 e. The van der Waals surface area contributed by atoms with E-state index in [1.54, 1.807) is 0 Å². The van der Waals surface area contributed by atoms with Gasteiger partial charge in [0.25, 0.3) is 0 Å². The number of benzene rings is 2. The molecule has 0 spiro atoms. The topological polar surface area (TPSA) is 51.0 Å². The van der Waals surface area contributed by atoms with Gasteiger partial charge in [0, 0.05) is 21.1 Å². The lowest BCUT2D eigenvalue weighted by atomic mass is 10.0. The first-order chi connectivity index (χ1) is 12.2. The van der Waals surface area contributed by atoms with Crippen LogP contribution in [0.3, 0.4) is 0 Å². The van der Waals surface area contributed by atoms with Gasteiger partial charge in [-0.2, -0.15) is 4.98 Å². The van der Waals surface area contributed by atoms with Crippen molar-refractivity contribution >= 4 is 27.5 Å². The first-order valence-corrected chi connectivity index (χ1v) is 9.43. The van der Waals surface area contributed by atoms with Gasteiger partial charge in [-0.1, -0.05) is 57.0 Å². The number of nitrogens with one attached hydrogen (secondary N) is 1. The van der Waals surface area contributed by atoms with E-state index in [9.17, 15) is 0 Å². The number of hydrogen-bond donors (Lipinski definition) is 1. The second-order valence-electron chi connectivity index (χ2n) is 6.27. The lowest BCUT2D eigenvalue weighted by Gasteiger charge is -2.17. The Bertz CT molecular complexity index is 861. The summed E-state index contributed by atoms with van der Waals surface area (Å²) in [7, 11) is 0. The van der Waals surface area contributed by atoms with E-state index in [4.69, 9.17) is 16.1 Å². The van der Waals surface area contributed by atoms with E-state index in [-0.39, 0.29) is 0 Å². The van der Waals surface area contributed by atoms with Crippen LogP contribution in [0.2, 0.25) is 5.02 Å². The van der Waals surface area contributed by atoms with Crippen LogP contribution in [-0.4, -0.2) is 10.1 Å². The summed E-state index contributed by atoms with van der Waals surface area (Å²) in [5, 5.41) is 8.41. The van der Waals surface area contributed by atoms with Gasteiger partial charge in [-0.15, -0.1) is 0 Å². The Balaban J connectivity index is 1.46. The van der Waals surface area contributed by atoms with Crippen molar-refractivity contribution in [1.82, 2.24) is 15.5 Å². The van der Waals surface area contributed by atoms with Crippen molar-refractivity contribution in [2.24, 2.45) is 5.92 Å². The summed E-state index contributed by atoms with van der Waals surface area (Å²) in [5.41, 5.74) is 2.18. The molecule has 2 aromatic carbocycles. The van der Waals surface area contributed by atoms with E-state index in [1.165, 1.54) is 18.4 Å². The van der Waals surface area contributed by atoms with E-state index in [0.717, 1.165) is 15.1 Å². The Morgan fingerprint density at radius 3 is 2.72 bits per heavy atom. The molecular weight excluding hydrogens is 402 g/mol. The van der Waals surface area contributed by atoms with Crippen molar-refractivity contribution in [3.8, 4) is 11.4 Å². The third kappa shape index (κ3) is 4.11. The number of halogens is 2. The lowest BCUT2D eigenvalue weighted by Crippen LogP contribution is -2.22. The second-order valence-corrected chi connectivity index (χ2v) is 7.62. The number of rotatable bonds is 6. The van der Waals surface area contributed by atoms with Gasteiger partial charge in [-0.25, -0.2) is 0 Å². The average molecular weight is 419 g/mol. The molecule has 1 saturated carbocycles. The molecule has 0 amide bonds. The van der Waals surface area contributed by atoms with Gasteiger partial charge >= 0.3 is 0 Å². The summed E-state index contributed by atoms with van der Waals surface area (Å²) in [6, 6.07) is 16.2. The van der Waals surface area contributed by atoms with Crippen LogP contribution in [0.1, 0.15) is 30.3 Å². The lowest BCUT2D eigenvalue weighted by molar-refractivity contribution is 0.351. The highest BCUT2D eigenvalue weighted by Crippen LogP contribution is 2.41. The standard InChI is InChI=1S/C19H17BrClN3O/c20-15-3-1-2-14(10-15)19-23-17(25-24-19)11-22-18(12-4-5-12)13-6-8-16(21)9-7-13/h1-3,6-10,12,18,22H,4-5,11H2. The predicted octanol–water partition coefficient (Wildman–Crippen LogP) is 5.39. The molecule has 4 nitrogen and oxygen atoms in total. The van der Waals surface area contributed by atoms with Crippen LogP contribution in [0.4, 0.5) is 0 Å². The molecule has 1 N–H and O–H groups in total. The molecule has 1 heterocycles. The molecule has 4 rings (SSSR count). The highest BCUT2D eigenvalue weighted by molar-refractivity contribution is 9.10. The van der Waals surface area contributed by atoms with E-state index in [1.807, 2.05) is 36.4 Å². The molecule has 0 aliphatic heterocycles. The van der Waals surface area contributed by atoms with E-state index >= 15 is 0 Å². The molecule has 0 saturated heterocycles. The Morgan fingerprint density at radius 1 is 1.20 bits per heavy atom. The van der Waals surface area contributed by atoms with Crippen molar-refractivity contribution in [3.05, 3.63) is 69.5 Å². The Labute approximate surface area is 159 Å². The van der Waals surface area contributed by atoms with Gasteiger partial charge in [-0.05, 0) is 48.6 Å². The van der Waals surface area contributed by atoms with E-state index < -0.39 is 0 Å². The largest absolute Gasteiger partial charge is 0.338 e. The van der Waals surface area contributed by atoms with Crippen molar-refractivity contribution < 1.29 is 4.52 Å². The minimum absolute atomic E-state index is 0.290. The van der Waals surface area contributed by atoms with Crippen molar-refractivity contribution in [3.63, 3.8) is 0 Å². The zero-order chi connectivity index (χ0) is 17.2. The van der Waals surface area contributed by atoms with Crippen molar-refractivity contribution in [1.29, 1.82) is 0 Å². The highest BCUT2D eigenvalue weighted by atomic mass is 79.9. The molecule has 1 aliphatic rings. The Hall–Kier alpha value is -1.69. The third-order valence-corrected chi connectivity index (χ3v) is 5.09. The maximum atomic E-state index is 6.00. The molecule has 1 unspecified atom stereocenters. The van der Waals surface area contributed by atoms with Crippen LogP contribution in [0.5, 0.6) is 0 Å². The predicted molar refractivity (Wildman–Crippen MR) is 101 cm³/mol. The Kier molecular flexibility index (Phi) is 4.88. The Morgan fingerprint density at radius 2 is 2.00 bits per heavy atom. The average Bonchev–Trinajstić information content (AvgIpc) is 3.34. The van der Waals surface area contributed by atoms with Crippen molar-refractivity contribution in [2.75, 3.05) is 0 Å². The van der Waals surface area contributed by atoms with E-state index in [0.29, 0.717) is 30.2 Å². The van der Waals surface area contributed by atoms with Crippen LogP contribution in [0.25, 0.3) is 11.4 Å². The van der Waals surface area contributed by atoms with Gasteiger partial charge in [0.2, 0.25) is 11.7 Å². The van der Waals surface area contributed by atoms with Gasteiger partial charge in [-0.3, -0.25) is 0 Å². The third-order valence-electron chi connectivity index (χ3n) is 4.35. The zero-order valence-corrected chi connectivity index (χ0v) is 15.8. The quantitative estimate of drug-likeness (QED) is 0.583. The first kappa shape index (κ1) is 16.8. The second kappa shape index (κ2) is 7.28. The number of nitrogens with zero attached hydrogens (tertiary/aromatic N) is 2. The summed E-state index contributed by atoms with van der Waals surface area (Å²) >= 11 is 9.46. The van der Waals surface area contributed by atoms with Gasteiger partial charge in [0.1, 0.15) is 0 Å². The maximum absolute atomic E-state index is 6.00. The van der Waals surface area contributed by atoms with E-state index in [2.05, 4.69) is 43.5 Å². The molecule has 1 fully saturated rings. The van der Waals surface area contributed by atoms with Crippen LogP contribution in [-0.2, 0) is 6.54 Å². The SMILES string of the molecule is Clc1ccc(C(NCc2nc(-c3cccc(Br)c3)no2)C2CC2)cc1. The van der Waals surface area contributed by atoms with Crippen molar-refractivity contribution in [2.45, 2.75) is 25.4 Å². The van der Waals surface area contributed by atoms with Gasteiger partial charge in [0.15, 0.2) is 0 Å². The summed E-state index contributed by atoms with van der Waals surface area (Å²) in [4.78, 5) is 4.50. The van der Waals surface area contributed by atoms with Crippen LogP contribution in [0, 0.1) is 5.92 Å². The van der Waals surface area contributed by atoms with Crippen LogP contribution < -0.4 is 5.32 Å². The fraction of sp³-hybridized carbons (Fsp3) is 0.263. The highest BCUT2D eigenvalue weighted by Gasteiger charge is 2.32. The fourth-order valence-electron chi connectivity index (χ4n) is 2.93. The minimum atomic E-state index is 0.290. The molecule has 1 aliphatic carbocycles. The number of aromatic nitrogens is 2. The summed E-state index contributed by atoms with van der Waals surface area (Å²) < 4.78 is 6.40. The van der Waals surface area contributed by atoms with Gasteiger partial charge in [0.05, 0.1) is 6.54 Å². The zero-order valence-electron chi connectivity index (χ0n) is 13.5. The molecule has 1 aromatic heterocycles. The summed E-state index contributed by atoms with van der Waals surface area (Å²) in [6.45, 7) is 0.546. The molecule has 128 valence electrons. The normalized spacial score (nSPS) is 15.3. The fourth-order valence-corrected chi connectivity index (χ4v) is 3.45. The van der Waals surface area contributed by atoms with Crippen LogP contribution in [0.15, 0.2) is 57.5 Å². The van der Waals surface area contributed by atoms with Gasteiger partial charge < -0.3 is 9.84 Å². The smallest absolute Gasteiger partial charge is 0.240 e. The summed E-state index contributed by atoms with van der Waals surface area (Å²) in [5.74, 6) is 1.86. The van der Waals surface area contributed by atoms with Crippen LogP contribution >= 0.6 is 27.5 Å². The number of hydrogen-bond acceptors (Lipinski definition) is 4. The minimum Gasteiger partial charge on any atom is -0.338 e. The molecule has 3 aromatic rings. The molecule has 6 heteroatoms. The monoisotopic (exact) mass is 417 g/mol. The summed E-state index contributed by atoms with van der Waals surface area (Å²) in [6.07, 6.45) is 2.49. The molecule has 0 radical (unpaired) electrons. The molecule has 0 bridgehead atoms. The molecular formula is C19H17BrClN3O.